The van der Waals surface area contributed by atoms with Gasteiger partial charge in [-0.3, -0.25) is 0 Å². The molecular weight excluding hydrogens is 231 g/mol. The Balaban J connectivity index is 2.75. The molecule has 2 rings (SSSR count). The van der Waals surface area contributed by atoms with Crippen molar-refractivity contribution in [1.82, 2.24) is 0 Å². The molecule has 0 aliphatic heterocycles. The minimum atomic E-state index is -0.208. The van der Waals surface area contributed by atoms with Crippen molar-refractivity contribution in [3.8, 4) is 0 Å². The summed E-state index contributed by atoms with van der Waals surface area (Å²) < 4.78 is 14.0. The molecule has 0 fully saturated rings. The fourth-order valence-electron chi connectivity index (χ4n) is 1.52. The van der Waals surface area contributed by atoms with Crippen LogP contribution in [0, 0.1) is 5.82 Å². The van der Waals surface area contributed by atoms with E-state index in [4.69, 9.17) is 11.6 Å². The van der Waals surface area contributed by atoms with Crippen LogP contribution in [0.4, 0.5) is 4.39 Å². The topological polar surface area (TPSA) is 0 Å². The molecule has 0 aliphatic carbocycles. The Morgan fingerprint density at radius 3 is 2.53 bits per heavy atom. The normalized spacial score (nSPS) is 12.3. The Kier molecular flexibility index (Phi) is 2.52. The summed E-state index contributed by atoms with van der Waals surface area (Å²) in [7, 11) is 0. The van der Waals surface area contributed by atoms with Gasteiger partial charge in [0.05, 0.1) is 5.02 Å². The molecule has 0 radical (unpaired) electrons. The Morgan fingerprint density at radius 2 is 1.93 bits per heavy atom. The van der Waals surface area contributed by atoms with Crippen molar-refractivity contribution >= 4 is 33.0 Å². The van der Waals surface area contributed by atoms with Gasteiger partial charge in [-0.15, -0.1) is 11.3 Å². The second-order valence-corrected chi connectivity index (χ2v) is 6.07. The first-order valence-corrected chi connectivity index (χ1v) is 5.97. The predicted octanol–water partition coefficient (Wildman–Crippen LogP) is 4.99. The number of rotatable bonds is 0. The van der Waals surface area contributed by atoms with Crippen LogP contribution < -0.4 is 0 Å². The van der Waals surface area contributed by atoms with E-state index in [0.29, 0.717) is 0 Å². The highest BCUT2D eigenvalue weighted by molar-refractivity contribution is 7.20. The van der Waals surface area contributed by atoms with Crippen molar-refractivity contribution in [3.63, 3.8) is 0 Å². The zero-order chi connectivity index (χ0) is 11.2. The van der Waals surface area contributed by atoms with Gasteiger partial charge >= 0.3 is 0 Å². The summed E-state index contributed by atoms with van der Waals surface area (Å²) in [5.74, 6) is -0.208. The predicted molar refractivity (Wildman–Crippen MR) is 65.5 cm³/mol. The van der Waals surface area contributed by atoms with Gasteiger partial charge in [0.25, 0.3) is 0 Å². The second kappa shape index (κ2) is 3.46. The van der Waals surface area contributed by atoms with Crippen LogP contribution in [0.1, 0.15) is 25.6 Å². The van der Waals surface area contributed by atoms with Crippen LogP contribution in [0.15, 0.2) is 18.2 Å². The van der Waals surface area contributed by atoms with Crippen molar-refractivity contribution in [2.45, 2.75) is 26.2 Å². The van der Waals surface area contributed by atoms with E-state index in [2.05, 4.69) is 20.8 Å². The minimum absolute atomic E-state index is 0.0112. The lowest BCUT2D eigenvalue weighted by molar-refractivity contribution is 0.604. The number of thiophene rings is 1. The van der Waals surface area contributed by atoms with Crippen LogP contribution in [-0.2, 0) is 5.41 Å². The van der Waals surface area contributed by atoms with E-state index < -0.39 is 0 Å². The molecular formula is C12H12ClFS. The molecule has 1 aromatic heterocycles. The van der Waals surface area contributed by atoms with Crippen LogP contribution in [0.3, 0.4) is 0 Å². The van der Waals surface area contributed by atoms with Gasteiger partial charge in [0.1, 0.15) is 5.82 Å². The first kappa shape index (κ1) is 10.9. The average molecular weight is 243 g/mol. The quantitative estimate of drug-likeness (QED) is 0.611. The van der Waals surface area contributed by atoms with Crippen molar-refractivity contribution in [2.75, 3.05) is 0 Å². The number of fused-ring (bicyclic) bond motifs is 1. The van der Waals surface area contributed by atoms with Crippen LogP contribution in [0.2, 0.25) is 5.02 Å². The summed E-state index contributed by atoms with van der Waals surface area (Å²) in [5.41, 5.74) is 0.0112. The van der Waals surface area contributed by atoms with Gasteiger partial charge in [-0.2, -0.15) is 0 Å². The lowest BCUT2D eigenvalue weighted by atomic mass is 9.94. The van der Waals surface area contributed by atoms with Crippen LogP contribution in [-0.4, -0.2) is 0 Å². The highest BCUT2D eigenvalue weighted by Crippen LogP contribution is 2.42. The van der Waals surface area contributed by atoms with Gasteiger partial charge in [0, 0.05) is 15.0 Å². The Labute approximate surface area is 97.7 Å². The Bertz CT molecular complexity index is 508. The highest BCUT2D eigenvalue weighted by atomic mass is 35.5. The van der Waals surface area contributed by atoms with Crippen molar-refractivity contribution < 1.29 is 4.39 Å². The smallest absolute Gasteiger partial charge is 0.124 e. The lowest BCUT2D eigenvalue weighted by Crippen LogP contribution is -2.08. The summed E-state index contributed by atoms with van der Waals surface area (Å²) in [6, 6.07) is 4.74. The molecule has 0 unspecified atom stereocenters. The van der Waals surface area contributed by atoms with Gasteiger partial charge in [-0.05, 0) is 23.6 Å². The highest BCUT2D eigenvalue weighted by Gasteiger charge is 2.22. The summed E-state index contributed by atoms with van der Waals surface area (Å²) in [6.07, 6.45) is 0. The fourth-order valence-corrected chi connectivity index (χ4v) is 3.32. The zero-order valence-electron chi connectivity index (χ0n) is 8.90. The molecule has 0 N–H and O–H groups in total. The third kappa shape index (κ3) is 1.88. The van der Waals surface area contributed by atoms with Gasteiger partial charge in [0.2, 0.25) is 0 Å². The molecule has 0 saturated heterocycles. The molecule has 0 atom stereocenters. The number of hydrogen-bond acceptors (Lipinski definition) is 1. The first-order chi connectivity index (χ1) is 6.89. The molecule has 0 amide bonds. The van der Waals surface area contributed by atoms with E-state index in [9.17, 15) is 4.39 Å². The molecule has 3 heteroatoms. The van der Waals surface area contributed by atoms with Crippen molar-refractivity contribution in [1.29, 1.82) is 0 Å². The molecule has 0 bridgehead atoms. The molecule has 0 saturated carbocycles. The maximum absolute atomic E-state index is 13.0. The molecule has 0 nitrogen and oxygen atoms in total. The summed E-state index contributed by atoms with van der Waals surface area (Å²) in [6.45, 7) is 6.33. The van der Waals surface area contributed by atoms with Gasteiger partial charge in [-0.25, -0.2) is 4.39 Å². The van der Waals surface area contributed by atoms with Crippen LogP contribution in [0.5, 0.6) is 0 Å². The third-order valence-corrected chi connectivity index (χ3v) is 4.36. The standard InChI is InChI=1S/C12H12ClFS/c1-12(2,3)11-10(13)8-5-4-7(14)6-9(8)15-11/h4-6H,1-3H3. The molecule has 1 heterocycles. The van der Waals surface area contributed by atoms with Crippen molar-refractivity contribution in [2.24, 2.45) is 0 Å². The maximum Gasteiger partial charge on any atom is 0.124 e. The third-order valence-electron chi connectivity index (χ3n) is 2.27. The van der Waals surface area contributed by atoms with E-state index in [0.717, 1.165) is 20.0 Å². The largest absolute Gasteiger partial charge is 0.207 e. The van der Waals surface area contributed by atoms with E-state index in [-0.39, 0.29) is 11.2 Å². The summed E-state index contributed by atoms with van der Waals surface area (Å²) >= 11 is 7.86. The average Bonchev–Trinajstić information content (AvgIpc) is 2.42. The summed E-state index contributed by atoms with van der Waals surface area (Å²) in [4.78, 5) is 1.12. The van der Waals surface area contributed by atoms with Crippen LogP contribution in [0.25, 0.3) is 10.1 Å². The van der Waals surface area contributed by atoms with Gasteiger partial charge < -0.3 is 0 Å². The fraction of sp³-hybridized carbons (Fsp3) is 0.333. The lowest BCUT2D eigenvalue weighted by Gasteiger charge is -2.16. The van der Waals surface area contributed by atoms with E-state index >= 15 is 0 Å². The summed E-state index contributed by atoms with van der Waals surface area (Å²) in [5, 5.41) is 1.72. The Morgan fingerprint density at radius 1 is 1.27 bits per heavy atom. The number of hydrogen-bond donors (Lipinski definition) is 0. The first-order valence-electron chi connectivity index (χ1n) is 4.77. The molecule has 80 valence electrons. The van der Waals surface area contributed by atoms with E-state index in [1.807, 2.05) is 0 Å². The van der Waals surface area contributed by atoms with Crippen LogP contribution >= 0.6 is 22.9 Å². The number of halogens is 2. The molecule has 1 aromatic carbocycles. The minimum Gasteiger partial charge on any atom is -0.207 e. The number of benzene rings is 1. The molecule has 15 heavy (non-hydrogen) atoms. The SMILES string of the molecule is CC(C)(C)c1sc2cc(F)ccc2c1Cl. The van der Waals surface area contributed by atoms with Gasteiger partial charge in [0.15, 0.2) is 0 Å². The van der Waals surface area contributed by atoms with E-state index in [1.165, 1.54) is 6.07 Å². The zero-order valence-corrected chi connectivity index (χ0v) is 10.5. The van der Waals surface area contributed by atoms with E-state index in [1.54, 1.807) is 23.5 Å². The molecule has 2 aromatic rings. The molecule has 0 aliphatic rings. The van der Waals surface area contributed by atoms with Crippen molar-refractivity contribution in [3.05, 3.63) is 33.9 Å². The Hall–Kier alpha value is -0.600. The maximum atomic E-state index is 13.0. The second-order valence-electron chi connectivity index (χ2n) is 4.64. The molecule has 0 spiro atoms. The van der Waals surface area contributed by atoms with Gasteiger partial charge in [-0.1, -0.05) is 32.4 Å². The monoisotopic (exact) mass is 242 g/mol.